The number of methoxy groups -OCH3 is 1. The molecule has 136 valence electrons. The summed E-state index contributed by atoms with van der Waals surface area (Å²) in [4.78, 5) is 28.3. The lowest BCUT2D eigenvalue weighted by molar-refractivity contribution is -0.158. The Kier molecular flexibility index (Phi) is 5.27. The van der Waals surface area contributed by atoms with Gasteiger partial charge in [0.25, 0.3) is 0 Å². The Balaban J connectivity index is 2.49. The highest BCUT2D eigenvalue weighted by Crippen LogP contribution is 2.39. The Morgan fingerprint density at radius 3 is 2.56 bits per heavy atom. The summed E-state index contributed by atoms with van der Waals surface area (Å²) in [6.45, 7) is 6.87. The van der Waals surface area contributed by atoms with Crippen LogP contribution in [0.1, 0.15) is 39.3 Å². The minimum Gasteiger partial charge on any atom is -0.503 e. The summed E-state index contributed by atoms with van der Waals surface area (Å²) in [6, 6.07) is 1.68. The highest BCUT2D eigenvalue weighted by Gasteiger charge is 2.40. The standard InChI is InChI=1S/C17H21ClN2O5/c1-8-12(15(22)25-17(2,3)4)13(20-16(23)19-8)9-6-10(18)14(21)11(7-9)24-5/h6-7,12-13,21H,1-5H3,(H,20,23). The summed E-state index contributed by atoms with van der Waals surface area (Å²) in [5.74, 6) is -1.40. The van der Waals surface area contributed by atoms with Crippen LogP contribution in [0.2, 0.25) is 5.02 Å². The number of carbonyl (C=O) groups excluding carboxylic acids is 2. The number of halogens is 1. The number of benzene rings is 1. The predicted octanol–water partition coefficient (Wildman–Crippen LogP) is 3.24. The molecule has 2 rings (SSSR count). The zero-order valence-electron chi connectivity index (χ0n) is 14.7. The Hall–Kier alpha value is -2.28. The molecular weight excluding hydrogens is 348 g/mol. The maximum Gasteiger partial charge on any atom is 0.341 e. The fourth-order valence-corrected chi connectivity index (χ4v) is 2.82. The van der Waals surface area contributed by atoms with E-state index in [9.17, 15) is 14.7 Å². The van der Waals surface area contributed by atoms with Crippen molar-refractivity contribution in [3.63, 3.8) is 0 Å². The third-order valence-corrected chi connectivity index (χ3v) is 3.92. The number of esters is 1. The molecule has 2 atom stereocenters. The quantitative estimate of drug-likeness (QED) is 0.798. The summed E-state index contributed by atoms with van der Waals surface area (Å²) in [6.07, 6.45) is 0. The molecule has 1 heterocycles. The molecule has 0 saturated carbocycles. The highest BCUT2D eigenvalue weighted by atomic mass is 35.5. The fraction of sp³-hybridized carbons (Fsp3) is 0.471. The van der Waals surface area contributed by atoms with Crippen LogP contribution < -0.4 is 10.1 Å². The van der Waals surface area contributed by atoms with Crippen molar-refractivity contribution < 1.29 is 24.2 Å². The maximum absolute atomic E-state index is 12.7. The first-order valence-corrected chi connectivity index (χ1v) is 8.06. The number of amides is 2. The number of nitrogens with one attached hydrogen (secondary N) is 1. The van der Waals surface area contributed by atoms with Crippen molar-refractivity contribution in [3.8, 4) is 11.5 Å². The van der Waals surface area contributed by atoms with Crippen LogP contribution in [0.15, 0.2) is 17.1 Å². The average Bonchev–Trinajstić information content (AvgIpc) is 2.47. The topological polar surface area (TPSA) is 97.2 Å². The Bertz CT molecular complexity index is 739. The van der Waals surface area contributed by atoms with Crippen molar-refractivity contribution in [1.82, 2.24) is 5.32 Å². The lowest BCUT2D eigenvalue weighted by atomic mass is 9.88. The van der Waals surface area contributed by atoms with E-state index in [0.717, 1.165) is 0 Å². The minimum atomic E-state index is -0.817. The molecule has 25 heavy (non-hydrogen) atoms. The number of ether oxygens (including phenoxy) is 2. The van der Waals surface area contributed by atoms with E-state index in [1.807, 2.05) is 0 Å². The van der Waals surface area contributed by atoms with E-state index in [1.165, 1.54) is 19.2 Å². The Morgan fingerprint density at radius 2 is 2.00 bits per heavy atom. The van der Waals surface area contributed by atoms with Crippen LogP contribution in [-0.2, 0) is 9.53 Å². The van der Waals surface area contributed by atoms with Crippen molar-refractivity contribution >= 4 is 29.3 Å². The number of carbonyl (C=O) groups is 2. The van der Waals surface area contributed by atoms with E-state index in [0.29, 0.717) is 11.3 Å². The maximum atomic E-state index is 12.7. The van der Waals surface area contributed by atoms with Crippen LogP contribution in [0.25, 0.3) is 0 Å². The van der Waals surface area contributed by atoms with Crippen LogP contribution in [0.3, 0.4) is 0 Å². The van der Waals surface area contributed by atoms with Crippen molar-refractivity contribution in [1.29, 1.82) is 0 Å². The highest BCUT2D eigenvalue weighted by molar-refractivity contribution is 6.32. The average molecular weight is 369 g/mol. The van der Waals surface area contributed by atoms with E-state index >= 15 is 0 Å². The summed E-state index contributed by atoms with van der Waals surface area (Å²) >= 11 is 6.03. The van der Waals surface area contributed by atoms with Gasteiger partial charge in [0.15, 0.2) is 11.5 Å². The van der Waals surface area contributed by atoms with Gasteiger partial charge in [0.05, 0.1) is 18.2 Å². The van der Waals surface area contributed by atoms with Gasteiger partial charge in [-0.3, -0.25) is 4.79 Å². The molecule has 2 unspecified atom stereocenters. The lowest BCUT2D eigenvalue weighted by Crippen LogP contribution is -2.45. The normalized spacial score (nSPS) is 20.6. The summed E-state index contributed by atoms with van der Waals surface area (Å²) in [5, 5.41) is 12.6. The van der Waals surface area contributed by atoms with Crippen molar-refractivity contribution in [2.45, 2.75) is 39.3 Å². The van der Waals surface area contributed by atoms with Gasteiger partial charge in [0, 0.05) is 5.71 Å². The van der Waals surface area contributed by atoms with Gasteiger partial charge < -0.3 is 19.9 Å². The molecule has 0 bridgehead atoms. The first-order chi connectivity index (χ1) is 11.5. The number of urea groups is 1. The third-order valence-electron chi connectivity index (χ3n) is 3.63. The van der Waals surface area contributed by atoms with Gasteiger partial charge >= 0.3 is 12.0 Å². The molecule has 0 radical (unpaired) electrons. The summed E-state index contributed by atoms with van der Waals surface area (Å²) < 4.78 is 10.6. The van der Waals surface area contributed by atoms with Crippen LogP contribution >= 0.6 is 11.6 Å². The number of phenolic OH excluding ortho intramolecular Hbond substituents is 1. The first-order valence-electron chi connectivity index (χ1n) is 7.68. The molecule has 2 amide bonds. The smallest absolute Gasteiger partial charge is 0.341 e. The van der Waals surface area contributed by atoms with Crippen molar-refractivity contribution in [3.05, 3.63) is 22.7 Å². The van der Waals surface area contributed by atoms with Crippen molar-refractivity contribution in [2.75, 3.05) is 7.11 Å². The minimum absolute atomic E-state index is 0.0479. The van der Waals surface area contributed by atoms with Gasteiger partial charge in [-0.25, -0.2) is 9.79 Å². The first kappa shape index (κ1) is 19.1. The van der Waals surface area contributed by atoms with Gasteiger partial charge in [-0.1, -0.05) is 11.6 Å². The molecule has 1 aliphatic rings. The molecule has 2 N–H and O–H groups in total. The second-order valence-electron chi connectivity index (χ2n) is 6.75. The molecule has 1 aromatic rings. The predicted molar refractivity (Wildman–Crippen MR) is 93.4 cm³/mol. The van der Waals surface area contributed by atoms with Crippen LogP contribution in [0.4, 0.5) is 4.79 Å². The third kappa shape index (κ3) is 4.22. The van der Waals surface area contributed by atoms with E-state index in [-0.39, 0.29) is 16.5 Å². The van der Waals surface area contributed by atoms with E-state index in [2.05, 4.69) is 10.3 Å². The molecule has 0 fully saturated rings. The van der Waals surface area contributed by atoms with E-state index in [4.69, 9.17) is 21.1 Å². The zero-order valence-corrected chi connectivity index (χ0v) is 15.5. The van der Waals surface area contributed by atoms with Crippen LogP contribution in [-0.4, -0.2) is 35.5 Å². The van der Waals surface area contributed by atoms with Gasteiger partial charge in [-0.15, -0.1) is 0 Å². The Morgan fingerprint density at radius 1 is 1.36 bits per heavy atom. The molecule has 8 heteroatoms. The van der Waals surface area contributed by atoms with Crippen LogP contribution in [0.5, 0.6) is 11.5 Å². The van der Waals surface area contributed by atoms with E-state index < -0.39 is 29.6 Å². The molecule has 1 aliphatic heterocycles. The van der Waals surface area contributed by atoms with Gasteiger partial charge in [0.2, 0.25) is 0 Å². The second-order valence-corrected chi connectivity index (χ2v) is 7.15. The number of aliphatic imine (C=N–C) groups is 1. The monoisotopic (exact) mass is 368 g/mol. The number of nitrogens with zero attached hydrogens (tertiary/aromatic N) is 1. The van der Waals surface area contributed by atoms with Gasteiger partial charge in [0.1, 0.15) is 11.5 Å². The number of aromatic hydroxyl groups is 1. The SMILES string of the molecule is COc1cc(C2NC(=O)N=C(C)C2C(=O)OC(C)(C)C)cc(Cl)c1O. The summed E-state index contributed by atoms with van der Waals surface area (Å²) in [7, 11) is 1.38. The molecule has 0 aromatic heterocycles. The molecular formula is C17H21ClN2O5. The lowest BCUT2D eigenvalue weighted by Gasteiger charge is -2.32. The second kappa shape index (κ2) is 6.92. The number of hydrogen-bond donors (Lipinski definition) is 2. The molecule has 0 spiro atoms. The van der Waals surface area contributed by atoms with E-state index in [1.54, 1.807) is 27.7 Å². The van der Waals surface area contributed by atoms with Gasteiger partial charge in [-0.05, 0) is 45.4 Å². The molecule has 0 aliphatic carbocycles. The zero-order chi connectivity index (χ0) is 18.9. The molecule has 1 aromatic carbocycles. The Labute approximate surface area is 151 Å². The fourth-order valence-electron chi connectivity index (χ4n) is 2.60. The summed E-state index contributed by atoms with van der Waals surface area (Å²) in [5.41, 5.74) is 0.150. The number of hydrogen-bond acceptors (Lipinski definition) is 5. The number of phenols is 1. The van der Waals surface area contributed by atoms with Crippen LogP contribution in [0, 0.1) is 5.92 Å². The number of rotatable bonds is 3. The molecule has 7 nitrogen and oxygen atoms in total. The van der Waals surface area contributed by atoms with Gasteiger partial charge in [-0.2, -0.15) is 0 Å². The largest absolute Gasteiger partial charge is 0.503 e. The molecule has 0 saturated heterocycles. The van der Waals surface area contributed by atoms with Crippen molar-refractivity contribution in [2.24, 2.45) is 10.9 Å².